The van der Waals surface area contributed by atoms with Gasteiger partial charge < -0.3 is 0 Å². The summed E-state index contributed by atoms with van der Waals surface area (Å²) in [4.78, 5) is 0. The van der Waals surface area contributed by atoms with E-state index >= 15 is 0 Å². The second kappa shape index (κ2) is 2.17. The molecular formula is C9H14. The van der Waals surface area contributed by atoms with Gasteiger partial charge in [0.05, 0.1) is 0 Å². The third kappa shape index (κ3) is 1.17. The van der Waals surface area contributed by atoms with Crippen LogP contribution in [0.25, 0.3) is 0 Å². The summed E-state index contributed by atoms with van der Waals surface area (Å²) in [5.41, 5.74) is 0. The van der Waals surface area contributed by atoms with Gasteiger partial charge in [0.1, 0.15) is 0 Å². The van der Waals surface area contributed by atoms with Crippen molar-refractivity contribution in [2.24, 2.45) is 11.8 Å². The van der Waals surface area contributed by atoms with Crippen LogP contribution in [-0.4, -0.2) is 0 Å². The van der Waals surface area contributed by atoms with Crippen molar-refractivity contribution in [1.82, 2.24) is 0 Å². The maximum atomic E-state index is 2.37. The molecular weight excluding hydrogens is 108 g/mol. The van der Waals surface area contributed by atoms with E-state index < -0.39 is 0 Å². The molecule has 0 heterocycles. The first kappa shape index (κ1) is 5.52. The van der Waals surface area contributed by atoms with Crippen LogP contribution in [0.5, 0.6) is 0 Å². The molecule has 0 aromatic carbocycles. The first-order chi connectivity index (χ1) is 4.47. The highest BCUT2D eigenvalue weighted by molar-refractivity contribution is 4.95. The van der Waals surface area contributed by atoms with Gasteiger partial charge in [-0.15, -0.1) is 0 Å². The van der Waals surface area contributed by atoms with Crippen LogP contribution in [-0.2, 0) is 0 Å². The topological polar surface area (TPSA) is 0 Å². The predicted octanol–water partition coefficient (Wildman–Crippen LogP) is 2.75. The maximum Gasteiger partial charge on any atom is -0.0319 e. The molecule has 0 nitrogen and oxygen atoms in total. The average molecular weight is 122 g/mol. The maximum absolute atomic E-state index is 2.37. The highest BCUT2D eigenvalue weighted by Gasteiger charge is 2.30. The van der Waals surface area contributed by atoms with Gasteiger partial charge in [-0.05, 0) is 43.9 Å². The number of rotatable bonds is 1. The van der Waals surface area contributed by atoms with Gasteiger partial charge in [-0.3, -0.25) is 0 Å². The molecule has 0 spiro atoms. The summed E-state index contributed by atoms with van der Waals surface area (Å²) < 4.78 is 0. The minimum Gasteiger partial charge on any atom is -0.0885 e. The van der Waals surface area contributed by atoms with Gasteiger partial charge in [0, 0.05) is 0 Å². The summed E-state index contributed by atoms with van der Waals surface area (Å²) in [6.45, 7) is 0. The van der Waals surface area contributed by atoms with E-state index in [1.54, 1.807) is 0 Å². The van der Waals surface area contributed by atoms with Gasteiger partial charge in [-0.25, -0.2) is 0 Å². The van der Waals surface area contributed by atoms with Crippen molar-refractivity contribution in [3.8, 4) is 0 Å². The van der Waals surface area contributed by atoms with E-state index in [1.165, 1.54) is 32.1 Å². The lowest BCUT2D eigenvalue weighted by molar-refractivity contribution is 0.424. The highest BCUT2D eigenvalue weighted by Crippen LogP contribution is 2.42. The predicted molar refractivity (Wildman–Crippen MR) is 39.2 cm³/mol. The first-order valence-corrected chi connectivity index (χ1v) is 4.12. The molecule has 1 atom stereocenters. The Morgan fingerprint density at radius 1 is 0.889 bits per heavy atom. The van der Waals surface area contributed by atoms with Gasteiger partial charge in [0.2, 0.25) is 0 Å². The van der Waals surface area contributed by atoms with Gasteiger partial charge in [-0.2, -0.15) is 0 Å². The van der Waals surface area contributed by atoms with Crippen LogP contribution in [0.3, 0.4) is 0 Å². The smallest absolute Gasteiger partial charge is 0.0319 e. The Bertz CT molecular complexity index is 120. The summed E-state index contributed by atoms with van der Waals surface area (Å²) in [6, 6.07) is 0. The second-order valence-electron chi connectivity index (χ2n) is 3.38. The largest absolute Gasteiger partial charge is 0.0885 e. The van der Waals surface area contributed by atoms with E-state index in [9.17, 15) is 0 Å². The standard InChI is InChI=1S/C9H14/c1-2-4-8(5-3-1)9-6-7-9/h1-2,8-9H,3-7H2. The summed E-state index contributed by atoms with van der Waals surface area (Å²) in [6.07, 6.45) is 12.0. The number of hydrogen-bond donors (Lipinski definition) is 0. The molecule has 0 radical (unpaired) electrons. The zero-order valence-electron chi connectivity index (χ0n) is 5.84. The second-order valence-corrected chi connectivity index (χ2v) is 3.38. The minimum absolute atomic E-state index is 1.08. The SMILES string of the molecule is C1=CCC(C2CC2)CC1. The number of allylic oxidation sites excluding steroid dienone is 2. The fourth-order valence-electron chi connectivity index (χ4n) is 1.81. The molecule has 0 aliphatic heterocycles. The Hall–Kier alpha value is -0.260. The van der Waals surface area contributed by atoms with Gasteiger partial charge in [-0.1, -0.05) is 12.2 Å². The van der Waals surface area contributed by atoms with Crippen molar-refractivity contribution in [3.63, 3.8) is 0 Å². The summed E-state index contributed by atoms with van der Waals surface area (Å²) in [5, 5.41) is 0. The molecule has 1 unspecified atom stereocenters. The van der Waals surface area contributed by atoms with Crippen molar-refractivity contribution >= 4 is 0 Å². The molecule has 0 N–H and O–H groups in total. The third-order valence-corrected chi connectivity index (χ3v) is 2.60. The molecule has 0 bridgehead atoms. The summed E-state index contributed by atoms with van der Waals surface area (Å²) in [7, 11) is 0. The Balaban J connectivity index is 1.89. The molecule has 2 aliphatic carbocycles. The summed E-state index contributed by atoms with van der Waals surface area (Å²) >= 11 is 0. The van der Waals surface area contributed by atoms with Crippen LogP contribution >= 0.6 is 0 Å². The van der Waals surface area contributed by atoms with E-state index in [1.807, 2.05) is 0 Å². The Morgan fingerprint density at radius 3 is 2.33 bits per heavy atom. The fourth-order valence-corrected chi connectivity index (χ4v) is 1.81. The molecule has 0 aromatic rings. The Morgan fingerprint density at radius 2 is 1.78 bits per heavy atom. The molecule has 0 saturated heterocycles. The Kier molecular flexibility index (Phi) is 1.33. The van der Waals surface area contributed by atoms with Crippen molar-refractivity contribution in [3.05, 3.63) is 12.2 Å². The summed E-state index contributed by atoms with van der Waals surface area (Å²) in [5.74, 6) is 2.21. The molecule has 1 saturated carbocycles. The molecule has 0 amide bonds. The van der Waals surface area contributed by atoms with Crippen molar-refractivity contribution in [2.75, 3.05) is 0 Å². The first-order valence-electron chi connectivity index (χ1n) is 4.12. The lowest BCUT2D eigenvalue weighted by Crippen LogP contribution is -2.03. The Labute approximate surface area is 57.0 Å². The van der Waals surface area contributed by atoms with Crippen molar-refractivity contribution < 1.29 is 0 Å². The lowest BCUT2D eigenvalue weighted by atomic mass is 9.90. The van der Waals surface area contributed by atoms with Crippen LogP contribution in [0.1, 0.15) is 32.1 Å². The van der Waals surface area contributed by atoms with E-state index in [4.69, 9.17) is 0 Å². The molecule has 9 heavy (non-hydrogen) atoms. The zero-order chi connectivity index (χ0) is 6.10. The van der Waals surface area contributed by atoms with Crippen molar-refractivity contribution in [2.45, 2.75) is 32.1 Å². The van der Waals surface area contributed by atoms with Crippen LogP contribution in [0.2, 0.25) is 0 Å². The molecule has 0 aromatic heterocycles. The fraction of sp³-hybridized carbons (Fsp3) is 0.778. The van der Waals surface area contributed by atoms with E-state index in [0.717, 1.165) is 11.8 Å². The van der Waals surface area contributed by atoms with Crippen LogP contribution < -0.4 is 0 Å². The van der Waals surface area contributed by atoms with Gasteiger partial charge in [0.25, 0.3) is 0 Å². The van der Waals surface area contributed by atoms with Crippen LogP contribution in [0.4, 0.5) is 0 Å². The molecule has 2 rings (SSSR count). The minimum atomic E-state index is 1.08. The van der Waals surface area contributed by atoms with Gasteiger partial charge in [0.15, 0.2) is 0 Å². The normalized spacial score (nSPS) is 34.9. The van der Waals surface area contributed by atoms with E-state index in [-0.39, 0.29) is 0 Å². The molecule has 0 heteroatoms. The third-order valence-electron chi connectivity index (χ3n) is 2.60. The lowest BCUT2D eigenvalue weighted by Gasteiger charge is -2.15. The highest BCUT2D eigenvalue weighted by atomic mass is 14.4. The average Bonchev–Trinajstić information content (AvgIpc) is 2.71. The van der Waals surface area contributed by atoms with Crippen molar-refractivity contribution in [1.29, 1.82) is 0 Å². The number of hydrogen-bond acceptors (Lipinski definition) is 0. The van der Waals surface area contributed by atoms with Crippen LogP contribution in [0, 0.1) is 11.8 Å². The van der Waals surface area contributed by atoms with E-state index in [0.29, 0.717) is 0 Å². The monoisotopic (exact) mass is 122 g/mol. The quantitative estimate of drug-likeness (QED) is 0.469. The molecule has 2 aliphatic rings. The van der Waals surface area contributed by atoms with E-state index in [2.05, 4.69) is 12.2 Å². The molecule has 1 fully saturated rings. The molecule has 50 valence electrons. The van der Waals surface area contributed by atoms with Gasteiger partial charge >= 0.3 is 0 Å². The van der Waals surface area contributed by atoms with Crippen LogP contribution in [0.15, 0.2) is 12.2 Å². The zero-order valence-corrected chi connectivity index (χ0v) is 5.84.